The van der Waals surface area contributed by atoms with Crippen molar-refractivity contribution in [1.29, 1.82) is 0 Å². The Balaban J connectivity index is 2.00. The highest BCUT2D eigenvalue weighted by molar-refractivity contribution is 5.86. The van der Waals surface area contributed by atoms with E-state index >= 15 is 0 Å². The van der Waals surface area contributed by atoms with Crippen molar-refractivity contribution in [3.63, 3.8) is 0 Å². The van der Waals surface area contributed by atoms with Gasteiger partial charge in [-0.3, -0.25) is 14.7 Å². The quantitative estimate of drug-likeness (QED) is 0.901. The van der Waals surface area contributed by atoms with E-state index in [2.05, 4.69) is 25.8 Å². The maximum absolute atomic E-state index is 12.7. The zero-order chi connectivity index (χ0) is 17.1. The number of likely N-dealkylation sites (N-methyl/N-ethyl adjacent to an activating group) is 1. The summed E-state index contributed by atoms with van der Waals surface area (Å²) < 4.78 is 0. The van der Waals surface area contributed by atoms with Crippen LogP contribution in [-0.4, -0.2) is 58.1 Å². The topological polar surface area (TPSA) is 56.7 Å². The lowest BCUT2D eigenvalue weighted by molar-refractivity contribution is -0.160. The third-order valence-corrected chi connectivity index (χ3v) is 4.08. The first-order valence-corrected chi connectivity index (χ1v) is 8.29. The molecule has 1 N–H and O–H groups in total. The monoisotopic (exact) mass is 319 g/mol. The summed E-state index contributed by atoms with van der Waals surface area (Å²) in [5.74, 6) is -0.128. The van der Waals surface area contributed by atoms with E-state index in [0.717, 1.165) is 18.5 Å². The number of carbonyl (C=O) groups excluding carboxylic acids is 1. The van der Waals surface area contributed by atoms with E-state index in [9.17, 15) is 9.90 Å². The number of pyridine rings is 1. The molecule has 23 heavy (non-hydrogen) atoms. The predicted octanol–water partition coefficient (Wildman–Crippen LogP) is 1.91. The fourth-order valence-corrected chi connectivity index (χ4v) is 3.24. The number of rotatable bonds is 5. The number of aliphatic hydroxyl groups is 1. The van der Waals surface area contributed by atoms with Gasteiger partial charge in [-0.05, 0) is 36.9 Å². The van der Waals surface area contributed by atoms with Gasteiger partial charge in [-0.1, -0.05) is 26.8 Å². The Morgan fingerprint density at radius 3 is 2.78 bits per heavy atom. The Morgan fingerprint density at radius 1 is 1.43 bits per heavy atom. The second-order valence-corrected chi connectivity index (χ2v) is 7.96. The van der Waals surface area contributed by atoms with E-state index in [1.807, 2.05) is 35.2 Å². The lowest BCUT2D eigenvalue weighted by Gasteiger charge is -2.42. The third kappa shape index (κ3) is 5.01. The lowest BCUT2D eigenvalue weighted by Crippen LogP contribution is -2.59. The van der Waals surface area contributed by atoms with Gasteiger partial charge in [0, 0.05) is 38.6 Å². The van der Waals surface area contributed by atoms with Crippen LogP contribution in [0.1, 0.15) is 39.2 Å². The number of piperidine rings is 1. The minimum Gasteiger partial charge on any atom is -0.379 e. The van der Waals surface area contributed by atoms with Crippen molar-refractivity contribution in [2.75, 3.05) is 26.7 Å². The molecule has 1 saturated heterocycles. The summed E-state index contributed by atoms with van der Waals surface area (Å²) >= 11 is 0. The van der Waals surface area contributed by atoms with Gasteiger partial charge in [-0.2, -0.15) is 0 Å². The average Bonchev–Trinajstić information content (AvgIpc) is 2.43. The summed E-state index contributed by atoms with van der Waals surface area (Å²) in [6, 6.07) is 3.90. The molecule has 1 aromatic heterocycles. The van der Waals surface area contributed by atoms with Gasteiger partial charge in [-0.15, -0.1) is 0 Å². The molecule has 128 valence electrons. The molecular formula is C18H29N3O2. The molecule has 1 aliphatic rings. The molecule has 0 aliphatic carbocycles. The van der Waals surface area contributed by atoms with Gasteiger partial charge in [-0.25, -0.2) is 0 Å². The highest BCUT2D eigenvalue weighted by atomic mass is 16.3. The summed E-state index contributed by atoms with van der Waals surface area (Å²) in [7, 11) is 1.93. The molecular weight excluding hydrogens is 290 g/mol. The third-order valence-electron chi connectivity index (χ3n) is 4.08. The maximum atomic E-state index is 12.7. The van der Waals surface area contributed by atoms with Gasteiger partial charge in [0.1, 0.15) is 0 Å². The molecule has 0 radical (unpaired) electrons. The van der Waals surface area contributed by atoms with E-state index in [4.69, 9.17) is 0 Å². The molecule has 1 fully saturated rings. The van der Waals surface area contributed by atoms with Gasteiger partial charge in [0.05, 0.1) is 0 Å². The first kappa shape index (κ1) is 17.9. The van der Waals surface area contributed by atoms with Crippen molar-refractivity contribution in [3.8, 4) is 0 Å². The molecule has 2 heterocycles. The summed E-state index contributed by atoms with van der Waals surface area (Å²) in [6.07, 6.45) is 4.93. The minimum atomic E-state index is -1.28. The number of hydrogen-bond acceptors (Lipinski definition) is 4. The number of carbonyl (C=O) groups is 1. The lowest BCUT2D eigenvalue weighted by atomic mass is 9.88. The van der Waals surface area contributed by atoms with Gasteiger partial charge in [0.2, 0.25) is 0 Å². The Bertz CT molecular complexity index is 527. The van der Waals surface area contributed by atoms with Crippen LogP contribution in [0.4, 0.5) is 0 Å². The molecule has 0 bridgehead atoms. The van der Waals surface area contributed by atoms with Crippen molar-refractivity contribution in [1.82, 2.24) is 14.8 Å². The summed E-state index contributed by atoms with van der Waals surface area (Å²) in [5.41, 5.74) is -0.163. The molecule has 1 unspecified atom stereocenters. The Hall–Kier alpha value is -1.46. The van der Waals surface area contributed by atoms with Crippen molar-refractivity contribution in [3.05, 3.63) is 30.1 Å². The van der Waals surface area contributed by atoms with Crippen LogP contribution in [0.3, 0.4) is 0 Å². The normalized spacial score (nSPS) is 22.7. The first-order valence-electron chi connectivity index (χ1n) is 8.29. The Labute approximate surface area is 139 Å². The molecule has 5 nitrogen and oxygen atoms in total. The average molecular weight is 319 g/mol. The fraction of sp³-hybridized carbons (Fsp3) is 0.667. The summed E-state index contributed by atoms with van der Waals surface area (Å²) in [6.45, 7) is 8.78. The summed E-state index contributed by atoms with van der Waals surface area (Å²) in [5, 5.41) is 10.9. The van der Waals surface area contributed by atoms with Crippen molar-refractivity contribution in [2.24, 2.45) is 5.41 Å². The number of nitrogens with zero attached hydrogens (tertiary/aromatic N) is 3. The minimum absolute atomic E-state index is 0.0372. The zero-order valence-electron chi connectivity index (χ0n) is 14.7. The van der Waals surface area contributed by atoms with Crippen LogP contribution in [0.15, 0.2) is 24.5 Å². The molecule has 0 spiro atoms. The predicted molar refractivity (Wildman–Crippen MR) is 90.8 cm³/mol. The molecule has 1 aliphatic heterocycles. The Morgan fingerprint density at radius 2 is 2.17 bits per heavy atom. The SMILES string of the molecule is CN(Cc1cccnc1)CC1(O)CCCN(CC(C)(C)C)C1=O. The molecule has 1 aromatic rings. The van der Waals surface area contributed by atoms with Crippen LogP contribution in [0.25, 0.3) is 0 Å². The van der Waals surface area contributed by atoms with Crippen molar-refractivity contribution >= 4 is 5.91 Å². The van der Waals surface area contributed by atoms with Gasteiger partial charge >= 0.3 is 0 Å². The van der Waals surface area contributed by atoms with Crippen LogP contribution < -0.4 is 0 Å². The zero-order valence-corrected chi connectivity index (χ0v) is 14.7. The van der Waals surface area contributed by atoms with E-state index < -0.39 is 5.60 Å². The van der Waals surface area contributed by atoms with E-state index in [0.29, 0.717) is 26.1 Å². The molecule has 2 rings (SSSR count). The van der Waals surface area contributed by atoms with Crippen molar-refractivity contribution in [2.45, 2.75) is 45.8 Å². The van der Waals surface area contributed by atoms with Crippen LogP contribution in [0.5, 0.6) is 0 Å². The largest absolute Gasteiger partial charge is 0.379 e. The van der Waals surface area contributed by atoms with Gasteiger partial charge in [0.15, 0.2) is 5.60 Å². The van der Waals surface area contributed by atoms with E-state index in [-0.39, 0.29) is 11.3 Å². The molecule has 0 saturated carbocycles. The van der Waals surface area contributed by atoms with Crippen LogP contribution in [0, 0.1) is 5.41 Å². The molecule has 1 amide bonds. The highest BCUT2D eigenvalue weighted by Gasteiger charge is 2.43. The number of amides is 1. The smallest absolute Gasteiger partial charge is 0.255 e. The first-order chi connectivity index (χ1) is 10.7. The number of aromatic nitrogens is 1. The summed E-state index contributed by atoms with van der Waals surface area (Å²) in [4.78, 5) is 20.7. The number of hydrogen-bond donors (Lipinski definition) is 1. The van der Waals surface area contributed by atoms with Gasteiger partial charge in [0.25, 0.3) is 5.91 Å². The van der Waals surface area contributed by atoms with E-state index in [1.54, 1.807) is 6.20 Å². The van der Waals surface area contributed by atoms with Crippen LogP contribution >= 0.6 is 0 Å². The fourth-order valence-electron chi connectivity index (χ4n) is 3.24. The van der Waals surface area contributed by atoms with Gasteiger partial charge < -0.3 is 10.0 Å². The molecule has 0 aromatic carbocycles. The van der Waals surface area contributed by atoms with Crippen LogP contribution in [0.2, 0.25) is 0 Å². The standard InChI is InChI=1S/C18H29N3O2/c1-17(2,3)13-21-10-6-8-18(23,16(21)22)14-20(4)12-15-7-5-9-19-11-15/h5,7,9,11,23H,6,8,10,12-14H2,1-4H3. The highest BCUT2D eigenvalue weighted by Crippen LogP contribution is 2.27. The number of likely N-dealkylation sites (tertiary alicyclic amines) is 1. The molecule has 1 atom stereocenters. The second-order valence-electron chi connectivity index (χ2n) is 7.96. The Kier molecular flexibility index (Phi) is 5.42. The molecule has 5 heteroatoms. The van der Waals surface area contributed by atoms with Crippen molar-refractivity contribution < 1.29 is 9.90 Å². The van der Waals surface area contributed by atoms with E-state index in [1.165, 1.54) is 0 Å². The second kappa shape index (κ2) is 6.97. The maximum Gasteiger partial charge on any atom is 0.255 e. The van der Waals surface area contributed by atoms with Crippen LogP contribution in [-0.2, 0) is 11.3 Å².